The average molecular weight is 455 g/mol. The molecule has 3 aromatic rings. The predicted molar refractivity (Wildman–Crippen MR) is 118 cm³/mol. The second kappa shape index (κ2) is 7.94. The largest absolute Gasteiger partial charge is 0.484 e. The van der Waals surface area contributed by atoms with Gasteiger partial charge in [0.15, 0.2) is 0 Å². The summed E-state index contributed by atoms with van der Waals surface area (Å²) in [4.78, 5) is 22.8. The van der Waals surface area contributed by atoms with Crippen LogP contribution in [0.25, 0.3) is 0 Å². The Morgan fingerprint density at radius 3 is 2.97 bits per heavy atom. The molecule has 32 heavy (non-hydrogen) atoms. The fourth-order valence-corrected chi connectivity index (χ4v) is 4.41. The highest BCUT2D eigenvalue weighted by Crippen LogP contribution is 2.42. The molecular formula is C23H20ClFN4O3. The molecule has 0 saturated heterocycles. The zero-order chi connectivity index (χ0) is 22.4. The Balaban J connectivity index is 1.50. The number of hydrogen-bond acceptors (Lipinski definition) is 5. The lowest BCUT2D eigenvalue weighted by Gasteiger charge is -2.33. The summed E-state index contributed by atoms with van der Waals surface area (Å²) in [6.07, 6.45) is 3.92. The number of ether oxygens (including phenoxy) is 2. The first-order valence-corrected chi connectivity index (χ1v) is 10.5. The molecule has 1 atom stereocenters. The van der Waals surface area contributed by atoms with Gasteiger partial charge in [-0.2, -0.15) is 0 Å². The summed E-state index contributed by atoms with van der Waals surface area (Å²) < 4.78 is 25.6. The van der Waals surface area contributed by atoms with Crippen LogP contribution in [0.3, 0.4) is 0 Å². The first-order valence-electron chi connectivity index (χ1n) is 10.2. The highest BCUT2D eigenvalue weighted by atomic mass is 35.5. The van der Waals surface area contributed by atoms with Crippen LogP contribution in [0.2, 0.25) is 5.02 Å². The standard InChI is InChI=1S/C23H20ClFN4O3/c1-12-8-13-5-6-18(21-16(25)4-3-7-26-21)32-19(13)9-17(12)29-11-14-15(24)10-27-22(31-2)20(14)28-23(29)30/h3-4,7-10,18H,5-6,11H2,1-2H3,(H,28,30). The van der Waals surface area contributed by atoms with Gasteiger partial charge in [-0.25, -0.2) is 14.2 Å². The van der Waals surface area contributed by atoms with Gasteiger partial charge in [0.2, 0.25) is 5.88 Å². The van der Waals surface area contributed by atoms with E-state index in [9.17, 15) is 9.18 Å². The van der Waals surface area contributed by atoms with Crippen molar-refractivity contribution in [2.75, 3.05) is 17.3 Å². The molecule has 0 bridgehead atoms. The molecule has 2 aliphatic heterocycles. The number of aromatic nitrogens is 2. The monoisotopic (exact) mass is 454 g/mol. The van der Waals surface area contributed by atoms with E-state index in [1.807, 2.05) is 19.1 Å². The first kappa shape index (κ1) is 20.5. The molecule has 0 spiro atoms. The van der Waals surface area contributed by atoms with Gasteiger partial charge in [-0.1, -0.05) is 17.7 Å². The number of pyridine rings is 2. The molecule has 0 aliphatic carbocycles. The zero-order valence-electron chi connectivity index (χ0n) is 17.5. The van der Waals surface area contributed by atoms with Gasteiger partial charge in [0.25, 0.3) is 0 Å². The SMILES string of the molecule is COc1ncc(Cl)c2c1NC(=O)N(c1cc3c(cc1C)CCC(c1ncccc1F)O3)C2. The van der Waals surface area contributed by atoms with Gasteiger partial charge in [0.1, 0.15) is 29.1 Å². The quantitative estimate of drug-likeness (QED) is 0.588. The van der Waals surface area contributed by atoms with Crippen LogP contribution in [0.5, 0.6) is 11.6 Å². The lowest BCUT2D eigenvalue weighted by atomic mass is 9.97. The predicted octanol–water partition coefficient (Wildman–Crippen LogP) is 5.20. The van der Waals surface area contributed by atoms with Crippen LogP contribution < -0.4 is 19.7 Å². The Morgan fingerprint density at radius 2 is 2.19 bits per heavy atom. The summed E-state index contributed by atoms with van der Waals surface area (Å²) in [5.74, 6) is 0.532. The van der Waals surface area contributed by atoms with Crippen molar-refractivity contribution in [2.24, 2.45) is 0 Å². The van der Waals surface area contributed by atoms with Crippen molar-refractivity contribution in [2.45, 2.75) is 32.4 Å². The van der Waals surface area contributed by atoms with Crippen LogP contribution >= 0.6 is 11.6 Å². The Bertz CT molecular complexity index is 1240. The maximum absolute atomic E-state index is 14.2. The molecule has 0 fully saturated rings. The van der Waals surface area contributed by atoms with E-state index in [0.29, 0.717) is 40.0 Å². The number of benzene rings is 1. The number of fused-ring (bicyclic) bond motifs is 2. The minimum Gasteiger partial charge on any atom is -0.484 e. The molecule has 4 heterocycles. The smallest absolute Gasteiger partial charge is 0.326 e. The number of carbonyl (C=O) groups is 1. The van der Waals surface area contributed by atoms with Crippen molar-refractivity contribution in [3.05, 3.63) is 69.9 Å². The number of nitrogens with one attached hydrogen (secondary N) is 1. The summed E-state index contributed by atoms with van der Waals surface area (Å²) in [5, 5.41) is 3.27. The number of methoxy groups -OCH3 is 1. The summed E-state index contributed by atoms with van der Waals surface area (Å²) in [6, 6.07) is 6.44. The third kappa shape index (κ3) is 3.40. The molecule has 2 aliphatic rings. The summed E-state index contributed by atoms with van der Waals surface area (Å²) in [7, 11) is 1.49. The van der Waals surface area contributed by atoms with Crippen LogP contribution in [0.1, 0.15) is 34.9 Å². The Morgan fingerprint density at radius 1 is 1.34 bits per heavy atom. The first-order chi connectivity index (χ1) is 15.5. The van der Waals surface area contributed by atoms with Gasteiger partial charge in [0, 0.05) is 17.8 Å². The molecule has 164 valence electrons. The van der Waals surface area contributed by atoms with Crippen molar-refractivity contribution in [3.8, 4) is 11.6 Å². The number of carbonyl (C=O) groups excluding carboxylic acids is 1. The van der Waals surface area contributed by atoms with Crippen molar-refractivity contribution >= 4 is 29.0 Å². The van der Waals surface area contributed by atoms with Crippen molar-refractivity contribution < 1.29 is 18.7 Å². The van der Waals surface area contributed by atoms with Crippen molar-refractivity contribution in [1.82, 2.24) is 9.97 Å². The van der Waals surface area contributed by atoms with Crippen molar-refractivity contribution in [3.63, 3.8) is 0 Å². The number of urea groups is 1. The van der Waals surface area contributed by atoms with Gasteiger partial charge >= 0.3 is 6.03 Å². The van der Waals surface area contributed by atoms with Crippen molar-refractivity contribution in [1.29, 1.82) is 0 Å². The highest BCUT2D eigenvalue weighted by Gasteiger charge is 2.32. The third-order valence-electron chi connectivity index (χ3n) is 5.79. The van der Waals surface area contributed by atoms with E-state index in [0.717, 1.165) is 17.5 Å². The number of nitrogens with zero attached hydrogens (tertiary/aromatic N) is 3. The molecule has 2 amide bonds. The molecule has 0 radical (unpaired) electrons. The summed E-state index contributed by atoms with van der Waals surface area (Å²) in [6.45, 7) is 2.19. The van der Waals surface area contributed by atoms with E-state index >= 15 is 0 Å². The second-order valence-electron chi connectivity index (χ2n) is 7.75. The molecular weight excluding hydrogens is 435 g/mol. The van der Waals surface area contributed by atoms with E-state index in [2.05, 4.69) is 15.3 Å². The van der Waals surface area contributed by atoms with Gasteiger partial charge in [0.05, 0.1) is 30.6 Å². The molecule has 9 heteroatoms. The third-order valence-corrected chi connectivity index (χ3v) is 6.12. The number of rotatable bonds is 3. The Kier molecular flexibility index (Phi) is 5.09. The number of anilines is 2. The Hall–Kier alpha value is -3.39. The topological polar surface area (TPSA) is 76.6 Å². The van der Waals surface area contributed by atoms with E-state index in [-0.39, 0.29) is 18.3 Å². The fraction of sp³-hybridized carbons (Fsp3) is 0.261. The normalized spacial score (nSPS) is 17.2. The van der Waals surface area contributed by atoms with E-state index in [1.54, 1.807) is 17.2 Å². The van der Waals surface area contributed by atoms with E-state index in [4.69, 9.17) is 21.1 Å². The van der Waals surface area contributed by atoms with Crippen LogP contribution in [0.4, 0.5) is 20.6 Å². The second-order valence-corrected chi connectivity index (χ2v) is 8.15. The summed E-state index contributed by atoms with van der Waals surface area (Å²) >= 11 is 6.37. The van der Waals surface area contributed by atoms with Crippen LogP contribution in [0, 0.1) is 12.7 Å². The lowest BCUT2D eigenvalue weighted by molar-refractivity contribution is 0.167. The average Bonchev–Trinajstić information content (AvgIpc) is 2.79. The summed E-state index contributed by atoms with van der Waals surface area (Å²) in [5.41, 5.74) is 4.09. The highest BCUT2D eigenvalue weighted by molar-refractivity contribution is 6.32. The van der Waals surface area contributed by atoms with E-state index in [1.165, 1.54) is 19.4 Å². The van der Waals surface area contributed by atoms with E-state index < -0.39 is 11.9 Å². The Labute approximate surface area is 189 Å². The molecule has 1 unspecified atom stereocenters. The number of halogens is 2. The number of hydrogen-bond donors (Lipinski definition) is 1. The van der Waals surface area contributed by atoms with Crippen LogP contribution in [-0.4, -0.2) is 23.1 Å². The van der Waals surface area contributed by atoms with Gasteiger partial charge < -0.3 is 14.8 Å². The molecule has 5 rings (SSSR count). The fourth-order valence-electron chi connectivity index (χ4n) is 4.20. The van der Waals surface area contributed by atoms with Crippen LogP contribution in [0.15, 0.2) is 36.7 Å². The maximum Gasteiger partial charge on any atom is 0.326 e. The lowest BCUT2D eigenvalue weighted by Crippen LogP contribution is -2.39. The minimum absolute atomic E-state index is 0.247. The van der Waals surface area contributed by atoms with Gasteiger partial charge in [-0.05, 0) is 43.0 Å². The molecule has 1 aromatic carbocycles. The number of amides is 2. The number of aryl methyl sites for hydroxylation is 2. The van der Waals surface area contributed by atoms with Crippen LogP contribution in [-0.2, 0) is 13.0 Å². The zero-order valence-corrected chi connectivity index (χ0v) is 18.2. The molecule has 7 nitrogen and oxygen atoms in total. The molecule has 1 N–H and O–H groups in total. The van der Waals surface area contributed by atoms with Gasteiger partial charge in [-0.3, -0.25) is 9.88 Å². The minimum atomic E-state index is -0.486. The molecule has 0 saturated carbocycles. The van der Waals surface area contributed by atoms with Gasteiger partial charge in [-0.15, -0.1) is 0 Å². The maximum atomic E-state index is 14.2. The molecule has 2 aromatic heterocycles.